The van der Waals surface area contributed by atoms with Crippen LogP contribution in [0.2, 0.25) is 0 Å². The molecule has 0 aromatic carbocycles. The molecule has 0 saturated heterocycles. The second-order valence-corrected chi connectivity index (χ2v) is 3.32. The van der Waals surface area contributed by atoms with Crippen LogP contribution in [0.15, 0.2) is 11.6 Å². The Hall–Kier alpha value is -0.340. The minimum Gasteiger partial charge on any atom is -0.389 e. The lowest BCUT2D eigenvalue weighted by molar-refractivity contribution is 0.127. The molecule has 0 spiro atoms. The molecule has 0 saturated carbocycles. The van der Waals surface area contributed by atoms with Crippen molar-refractivity contribution in [1.82, 2.24) is 0 Å². The van der Waals surface area contributed by atoms with Gasteiger partial charge in [0.25, 0.3) is 0 Å². The summed E-state index contributed by atoms with van der Waals surface area (Å²) in [5.74, 6) is 0. The summed E-state index contributed by atoms with van der Waals surface area (Å²) in [5, 5.41) is 9.66. The van der Waals surface area contributed by atoms with E-state index in [0.717, 1.165) is 19.3 Å². The number of methoxy groups -OCH3 is 1. The minimum atomic E-state index is -0.259. The number of allylic oxidation sites excluding steroid dienone is 1. The molecular formula is C10H18O2. The lowest BCUT2D eigenvalue weighted by Gasteiger charge is -2.17. The fourth-order valence-electron chi connectivity index (χ4n) is 1.58. The molecule has 1 unspecified atom stereocenters. The topological polar surface area (TPSA) is 29.5 Å². The molecule has 1 atom stereocenters. The van der Waals surface area contributed by atoms with Gasteiger partial charge in [-0.2, -0.15) is 0 Å². The lowest BCUT2D eigenvalue weighted by atomic mass is 9.94. The SMILES string of the molecule is COCCC(O)C1=CCCCC1. The summed E-state index contributed by atoms with van der Waals surface area (Å²) >= 11 is 0. The zero-order valence-electron chi connectivity index (χ0n) is 7.75. The van der Waals surface area contributed by atoms with E-state index in [-0.39, 0.29) is 6.10 Å². The maximum absolute atomic E-state index is 9.66. The molecule has 0 heterocycles. The summed E-state index contributed by atoms with van der Waals surface area (Å²) in [6, 6.07) is 0. The van der Waals surface area contributed by atoms with Crippen LogP contribution in [0.5, 0.6) is 0 Å². The molecule has 0 fully saturated rings. The van der Waals surface area contributed by atoms with E-state index in [1.165, 1.54) is 18.4 Å². The molecule has 0 aromatic rings. The van der Waals surface area contributed by atoms with Gasteiger partial charge in [-0.15, -0.1) is 0 Å². The van der Waals surface area contributed by atoms with Gasteiger partial charge in [-0.25, -0.2) is 0 Å². The molecule has 0 radical (unpaired) electrons. The number of ether oxygens (including phenoxy) is 1. The highest BCUT2D eigenvalue weighted by Gasteiger charge is 2.12. The maximum atomic E-state index is 9.66. The maximum Gasteiger partial charge on any atom is 0.0772 e. The smallest absolute Gasteiger partial charge is 0.0772 e. The first-order valence-electron chi connectivity index (χ1n) is 4.70. The van der Waals surface area contributed by atoms with E-state index in [9.17, 15) is 5.11 Å². The van der Waals surface area contributed by atoms with Crippen molar-refractivity contribution in [3.05, 3.63) is 11.6 Å². The normalized spacial score (nSPS) is 20.3. The summed E-state index contributed by atoms with van der Waals surface area (Å²) in [4.78, 5) is 0. The summed E-state index contributed by atoms with van der Waals surface area (Å²) in [5.41, 5.74) is 1.22. The minimum absolute atomic E-state index is 0.259. The van der Waals surface area contributed by atoms with Crippen LogP contribution in [0.4, 0.5) is 0 Å². The van der Waals surface area contributed by atoms with Crippen LogP contribution in [-0.2, 0) is 4.74 Å². The lowest BCUT2D eigenvalue weighted by Crippen LogP contribution is -2.14. The van der Waals surface area contributed by atoms with Gasteiger partial charge in [0.2, 0.25) is 0 Å². The molecule has 0 aliphatic heterocycles. The van der Waals surface area contributed by atoms with Crippen LogP contribution in [0.1, 0.15) is 32.1 Å². The molecule has 0 bridgehead atoms. The van der Waals surface area contributed by atoms with E-state index >= 15 is 0 Å². The van der Waals surface area contributed by atoms with Crippen LogP contribution in [0.25, 0.3) is 0 Å². The predicted molar refractivity (Wildman–Crippen MR) is 49.1 cm³/mol. The Kier molecular flexibility index (Phi) is 4.33. The average Bonchev–Trinajstić information content (AvgIpc) is 2.15. The van der Waals surface area contributed by atoms with Crippen LogP contribution in [-0.4, -0.2) is 24.9 Å². The van der Waals surface area contributed by atoms with Crippen molar-refractivity contribution < 1.29 is 9.84 Å². The molecule has 1 aliphatic rings. The van der Waals surface area contributed by atoms with Gasteiger partial charge in [0, 0.05) is 20.1 Å². The monoisotopic (exact) mass is 170 g/mol. The van der Waals surface area contributed by atoms with E-state index in [0.29, 0.717) is 6.61 Å². The molecule has 70 valence electrons. The first-order chi connectivity index (χ1) is 5.84. The van der Waals surface area contributed by atoms with Crippen molar-refractivity contribution in [2.45, 2.75) is 38.2 Å². The fourth-order valence-corrected chi connectivity index (χ4v) is 1.58. The zero-order chi connectivity index (χ0) is 8.81. The molecular weight excluding hydrogens is 152 g/mol. The predicted octanol–water partition coefficient (Wildman–Crippen LogP) is 1.88. The highest BCUT2D eigenvalue weighted by Crippen LogP contribution is 2.21. The van der Waals surface area contributed by atoms with E-state index in [1.807, 2.05) is 0 Å². The van der Waals surface area contributed by atoms with Crippen molar-refractivity contribution in [1.29, 1.82) is 0 Å². The number of rotatable bonds is 4. The molecule has 1 N–H and O–H groups in total. The Bertz CT molecular complexity index is 152. The molecule has 0 amide bonds. The van der Waals surface area contributed by atoms with Crippen LogP contribution in [0, 0.1) is 0 Å². The Morgan fingerprint density at radius 3 is 3.00 bits per heavy atom. The van der Waals surface area contributed by atoms with Gasteiger partial charge in [0.05, 0.1) is 6.10 Å². The van der Waals surface area contributed by atoms with Gasteiger partial charge in [-0.05, 0) is 31.3 Å². The van der Waals surface area contributed by atoms with Gasteiger partial charge < -0.3 is 9.84 Å². The van der Waals surface area contributed by atoms with Crippen molar-refractivity contribution in [3.8, 4) is 0 Å². The van der Waals surface area contributed by atoms with E-state index in [2.05, 4.69) is 6.08 Å². The third-order valence-corrected chi connectivity index (χ3v) is 2.35. The molecule has 1 rings (SSSR count). The largest absolute Gasteiger partial charge is 0.389 e. The first-order valence-corrected chi connectivity index (χ1v) is 4.70. The van der Waals surface area contributed by atoms with Gasteiger partial charge >= 0.3 is 0 Å². The van der Waals surface area contributed by atoms with Crippen molar-refractivity contribution in [3.63, 3.8) is 0 Å². The van der Waals surface area contributed by atoms with E-state index in [4.69, 9.17) is 4.74 Å². The number of aliphatic hydroxyl groups excluding tert-OH is 1. The summed E-state index contributed by atoms with van der Waals surface area (Å²) in [6.45, 7) is 0.651. The van der Waals surface area contributed by atoms with Crippen molar-refractivity contribution in [2.75, 3.05) is 13.7 Å². The summed E-state index contributed by atoms with van der Waals surface area (Å²) in [7, 11) is 1.67. The summed E-state index contributed by atoms with van der Waals surface area (Å²) in [6.07, 6.45) is 7.39. The molecule has 2 heteroatoms. The third-order valence-electron chi connectivity index (χ3n) is 2.35. The van der Waals surface area contributed by atoms with Gasteiger partial charge in [-0.1, -0.05) is 6.08 Å². The Labute approximate surface area is 74.2 Å². The fraction of sp³-hybridized carbons (Fsp3) is 0.800. The highest BCUT2D eigenvalue weighted by molar-refractivity contribution is 5.10. The van der Waals surface area contributed by atoms with Crippen LogP contribution in [0.3, 0.4) is 0 Å². The average molecular weight is 170 g/mol. The van der Waals surface area contributed by atoms with E-state index in [1.54, 1.807) is 7.11 Å². The molecule has 1 aliphatic carbocycles. The second-order valence-electron chi connectivity index (χ2n) is 3.32. The number of aliphatic hydroxyl groups is 1. The first kappa shape index (κ1) is 9.75. The third kappa shape index (κ3) is 2.95. The Balaban J connectivity index is 2.29. The second kappa shape index (κ2) is 5.33. The van der Waals surface area contributed by atoms with Crippen LogP contribution >= 0.6 is 0 Å². The van der Waals surface area contributed by atoms with Gasteiger partial charge in [0.1, 0.15) is 0 Å². The zero-order valence-corrected chi connectivity index (χ0v) is 7.75. The standard InChI is InChI=1S/C10H18O2/c1-12-8-7-10(11)9-5-3-2-4-6-9/h5,10-11H,2-4,6-8H2,1H3. The quantitative estimate of drug-likeness (QED) is 0.653. The van der Waals surface area contributed by atoms with Crippen LogP contribution < -0.4 is 0 Å². The Morgan fingerprint density at radius 2 is 2.42 bits per heavy atom. The molecule has 12 heavy (non-hydrogen) atoms. The van der Waals surface area contributed by atoms with Gasteiger partial charge in [-0.3, -0.25) is 0 Å². The molecule has 0 aromatic heterocycles. The van der Waals surface area contributed by atoms with Crippen molar-refractivity contribution in [2.24, 2.45) is 0 Å². The number of hydrogen-bond donors (Lipinski definition) is 1. The van der Waals surface area contributed by atoms with E-state index < -0.39 is 0 Å². The highest BCUT2D eigenvalue weighted by atomic mass is 16.5. The van der Waals surface area contributed by atoms with Crippen molar-refractivity contribution >= 4 is 0 Å². The summed E-state index contributed by atoms with van der Waals surface area (Å²) < 4.78 is 4.92. The Morgan fingerprint density at radius 1 is 1.58 bits per heavy atom. The molecule has 2 nitrogen and oxygen atoms in total. The number of hydrogen-bond acceptors (Lipinski definition) is 2. The van der Waals surface area contributed by atoms with Gasteiger partial charge in [0.15, 0.2) is 0 Å².